The van der Waals surface area contributed by atoms with Gasteiger partial charge >= 0.3 is 0 Å². The van der Waals surface area contributed by atoms with Crippen LogP contribution in [-0.2, 0) is 4.79 Å². The summed E-state index contributed by atoms with van der Waals surface area (Å²) >= 11 is 5.41. The Morgan fingerprint density at radius 3 is 2.61 bits per heavy atom. The molecular formula is C12H14BrIN2O2. The predicted octanol–water partition coefficient (Wildman–Crippen LogP) is 2.30. The third-order valence-corrected chi connectivity index (χ3v) is 3.96. The van der Waals surface area contributed by atoms with Crippen LogP contribution in [0, 0.1) is 8.99 Å². The van der Waals surface area contributed by atoms with Crippen LogP contribution >= 0.6 is 38.5 Å². The van der Waals surface area contributed by atoms with Gasteiger partial charge in [-0.05, 0) is 54.6 Å². The Balaban J connectivity index is 2.78. The molecule has 4 nitrogen and oxygen atoms in total. The van der Waals surface area contributed by atoms with Crippen molar-refractivity contribution in [2.45, 2.75) is 13.8 Å². The van der Waals surface area contributed by atoms with Crippen molar-refractivity contribution >= 4 is 50.3 Å². The summed E-state index contributed by atoms with van der Waals surface area (Å²) in [6.45, 7) is 3.60. The van der Waals surface area contributed by atoms with Gasteiger partial charge in [0.25, 0.3) is 5.91 Å². The Morgan fingerprint density at radius 1 is 1.44 bits per heavy atom. The van der Waals surface area contributed by atoms with E-state index in [0.717, 1.165) is 8.04 Å². The van der Waals surface area contributed by atoms with Crippen LogP contribution in [0.15, 0.2) is 22.7 Å². The van der Waals surface area contributed by atoms with Gasteiger partial charge in [-0.2, -0.15) is 0 Å². The lowest BCUT2D eigenvalue weighted by molar-refractivity contribution is -0.125. The Labute approximate surface area is 128 Å². The Bertz CT molecular complexity index is 489. The van der Waals surface area contributed by atoms with Crippen molar-refractivity contribution in [3.05, 3.63) is 31.8 Å². The first kappa shape index (κ1) is 15.4. The van der Waals surface area contributed by atoms with E-state index in [1.54, 1.807) is 19.9 Å². The van der Waals surface area contributed by atoms with Crippen LogP contribution in [-0.4, -0.2) is 18.4 Å². The van der Waals surface area contributed by atoms with E-state index in [0.29, 0.717) is 5.56 Å². The molecule has 0 fully saturated rings. The van der Waals surface area contributed by atoms with Gasteiger partial charge < -0.3 is 11.1 Å². The van der Waals surface area contributed by atoms with Crippen molar-refractivity contribution in [2.75, 3.05) is 6.54 Å². The van der Waals surface area contributed by atoms with Gasteiger partial charge in [-0.1, -0.05) is 15.9 Å². The monoisotopic (exact) mass is 424 g/mol. The molecule has 0 aliphatic rings. The van der Waals surface area contributed by atoms with Gasteiger partial charge in [0.1, 0.15) is 0 Å². The maximum atomic E-state index is 12.0. The lowest BCUT2D eigenvalue weighted by Crippen LogP contribution is -2.42. The number of rotatable bonds is 4. The van der Waals surface area contributed by atoms with E-state index >= 15 is 0 Å². The molecule has 6 heteroatoms. The van der Waals surface area contributed by atoms with Crippen LogP contribution in [0.5, 0.6) is 0 Å². The van der Waals surface area contributed by atoms with Crippen molar-refractivity contribution in [3.8, 4) is 0 Å². The van der Waals surface area contributed by atoms with E-state index in [1.165, 1.54) is 0 Å². The number of primary amides is 1. The topological polar surface area (TPSA) is 72.2 Å². The molecule has 0 spiro atoms. The SMILES string of the molecule is CC(C)(CNC(=O)c1cc(Br)ccc1I)C(N)=O. The van der Waals surface area contributed by atoms with Gasteiger partial charge in [0.2, 0.25) is 5.91 Å². The molecule has 0 bridgehead atoms. The van der Waals surface area contributed by atoms with Gasteiger partial charge in [-0.3, -0.25) is 9.59 Å². The third kappa shape index (κ3) is 3.94. The number of hydrogen-bond donors (Lipinski definition) is 2. The molecule has 3 N–H and O–H groups in total. The van der Waals surface area contributed by atoms with Crippen molar-refractivity contribution < 1.29 is 9.59 Å². The number of nitrogens with two attached hydrogens (primary N) is 1. The number of amides is 2. The highest BCUT2D eigenvalue weighted by Gasteiger charge is 2.25. The second kappa shape index (κ2) is 6.01. The zero-order chi connectivity index (χ0) is 13.9. The fraction of sp³-hybridized carbons (Fsp3) is 0.333. The first-order chi connectivity index (χ1) is 8.24. The molecule has 98 valence electrons. The molecule has 0 saturated carbocycles. The molecule has 0 aliphatic carbocycles. The van der Waals surface area contributed by atoms with E-state index in [-0.39, 0.29) is 12.5 Å². The molecule has 18 heavy (non-hydrogen) atoms. The van der Waals surface area contributed by atoms with Crippen LogP contribution < -0.4 is 11.1 Å². The molecule has 1 aromatic rings. The maximum absolute atomic E-state index is 12.0. The van der Waals surface area contributed by atoms with Crippen molar-refractivity contribution in [1.29, 1.82) is 0 Å². The number of carbonyl (C=O) groups excluding carboxylic acids is 2. The van der Waals surface area contributed by atoms with Crippen LogP contribution in [0.25, 0.3) is 0 Å². The minimum Gasteiger partial charge on any atom is -0.369 e. The first-order valence-corrected chi connectivity index (χ1v) is 7.14. The molecule has 1 rings (SSSR count). The van der Waals surface area contributed by atoms with E-state index in [1.807, 2.05) is 12.1 Å². The average molecular weight is 425 g/mol. The molecule has 0 atom stereocenters. The lowest BCUT2D eigenvalue weighted by Gasteiger charge is -2.20. The lowest BCUT2D eigenvalue weighted by atomic mass is 9.92. The van der Waals surface area contributed by atoms with E-state index in [2.05, 4.69) is 43.8 Å². The fourth-order valence-electron chi connectivity index (χ4n) is 1.16. The maximum Gasteiger partial charge on any atom is 0.252 e. The Morgan fingerprint density at radius 2 is 2.06 bits per heavy atom. The zero-order valence-corrected chi connectivity index (χ0v) is 13.8. The summed E-state index contributed by atoms with van der Waals surface area (Å²) in [5, 5.41) is 2.72. The summed E-state index contributed by atoms with van der Waals surface area (Å²) < 4.78 is 1.69. The minimum atomic E-state index is -0.757. The van der Waals surface area contributed by atoms with Crippen molar-refractivity contribution in [1.82, 2.24) is 5.32 Å². The summed E-state index contributed by atoms with van der Waals surface area (Å²) in [6, 6.07) is 5.46. The number of hydrogen-bond acceptors (Lipinski definition) is 2. The molecular weight excluding hydrogens is 411 g/mol. The van der Waals surface area contributed by atoms with Gasteiger partial charge in [0, 0.05) is 14.6 Å². The predicted molar refractivity (Wildman–Crippen MR) is 82.2 cm³/mol. The molecule has 0 radical (unpaired) electrons. The smallest absolute Gasteiger partial charge is 0.252 e. The van der Waals surface area contributed by atoms with Crippen LogP contribution in [0.4, 0.5) is 0 Å². The molecule has 0 unspecified atom stereocenters. The molecule has 1 aromatic carbocycles. The van der Waals surface area contributed by atoms with Crippen LogP contribution in [0.1, 0.15) is 24.2 Å². The molecule has 0 aliphatic heterocycles. The Kier molecular flexibility index (Phi) is 5.15. The molecule has 0 saturated heterocycles. The third-order valence-electron chi connectivity index (χ3n) is 2.53. The standard InChI is InChI=1S/C12H14BrIN2O2/c1-12(2,11(15)18)6-16-10(17)8-5-7(13)3-4-9(8)14/h3-5H,6H2,1-2H3,(H2,15,18)(H,16,17). The van der Waals surface area contributed by atoms with Gasteiger partial charge in [-0.25, -0.2) is 0 Å². The highest BCUT2D eigenvalue weighted by molar-refractivity contribution is 14.1. The Hall–Kier alpha value is -0.630. The zero-order valence-electron chi connectivity index (χ0n) is 10.1. The summed E-state index contributed by atoms with van der Waals surface area (Å²) in [5.41, 5.74) is 5.07. The number of carbonyl (C=O) groups is 2. The second-order valence-corrected chi connectivity index (χ2v) is 6.63. The summed E-state index contributed by atoms with van der Waals surface area (Å²) in [4.78, 5) is 23.2. The largest absolute Gasteiger partial charge is 0.369 e. The van der Waals surface area contributed by atoms with Crippen LogP contribution in [0.3, 0.4) is 0 Å². The summed E-state index contributed by atoms with van der Waals surface area (Å²) in [6.07, 6.45) is 0. The first-order valence-electron chi connectivity index (χ1n) is 5.27. The highest BCUT2D eigenvalue weighted by atomic mass is 127. The van der Waals surface area contributed by atoms with Gasteiger partial charge in [-0.15, -0.1) is 0 Å². The number of benzene rings is 1. The summed E-state index contributed by atoms with van der Waals surface area (Å²) in [7, 11) is 0. The molecule has 0 aromatic heterocycles. The number of halogens is 2. The molecule has 0 heterocycles. The minimum absolute atomic E-state index is 0.212. The van der Waals surface area contributed by atoms with Crippen molar-refractivity contribution in [3.63, 3.8) is 0 Å². The fourth-order valence-corrected chi connectivity index (χ4v) is 2.10. The number of nitrogens with one attached hydrogen (secondary N) is 1. The summed E-state index contributed by atoms with van der Waals surface area (Å²) in [5.74, 6) is -0.651. The van der Waals surface area contributed by atoms with E-state index < -0.39 is 11.3 Å². The highest BCUT2D eigenvalue weighted by Crippen LogP contribution is 2.19. The van der Waals surface area contributed by atoms with E-state index in [4.69, 9.17) is 5.73 Å². The quantitative estimate of drug-likeness (QED) is 0.728. The van der Waals surface area contributed by atoms with Gasteiger partial charge in [0.05, 0.1) is 11.0 Å². The second-order valence-electron chi connectivity index (χ2n) is 4.55. The van der Waals surface area contributed by atoms with Gasteiger partial charge in [0.15, 0.2) is 0 Å². The molecule has 2 amide bonds. The average Bonchev–Trinajstić information content (AvgIpc) is 2.29. The normalized spacial score (nSPS) is 11.1. The van der Waals surface area contributed by atoms with Crippen LogP contribution in [0.2, 0.25) is 0 Å². The van der Waals surface area contributed by atoms with Crippen molar-refractivity contribution in [2.24, 2.45) is 11.1 Å². The van der Waals surface area contributed by atoms with E-state index in [9.17, 15) is 9.59 Å².